The van der Waals surface area contributed by atoms with Gasteiger partial charge in [0, 0.05) is 37.0 Å². The van der Waals surface area contributed by atoms with Gasteiger partial charge in [0.25, 0.3) is 0 Å². The molecular formula is C24H29ClN2O3. The normalized spacial score (nSPS) is 16.8. The molecule has 1 atom stereocenters. The van der Waals surface area contributed by atoms with Crippen molar-refractivity contribution >= 4 is 23.4 Å². The molecule has 0 bridgehead atoms. The molecule has 6 heteroatoms. The van der Waals surface area contributed by atoms with Crippen molar-refractivity contribution < 1.29 is 14.3 Å². The molecule has 1 aliphatic rings. The average molecular weight is 429 g/mol. The Morgan fingerprint density at radius 3 is 2.73 bits per heavy atom. The third kappa shape index (κ3) is 6.77. The van der Waals surface area contributed by atoms with Crippen LogP contribution in [0.3, 0.4) is 0 Å². The van der Waals surface area contributed by atoms with E-state index in [0.29, 0.717) is 32.4 Å². The highest BCUT2D eigenvalue weighted by atomic mass is 35.5. The first-order chi connectivity index (χ1) is 14.5. The molecule has 2 aromatic carbocycles. The Hall–Kier alpha value is -2.53. The van der Waals surface area contributed by atoms with Crippen molar-refractivity contribution in [2.45, 2.75) is 51.1 Å². The Bertz CT molecular complexity index is 854. The minimum atomic E-state index is 0.0484. The van der Waals surface area contributed by atoms with E-state index in [-0.39, 0.29) is 17.9 Å². The third-order valence-corrected chi connectivity index (χ3v) is 5.71. The Kier molecular flexibility index (Phi) is 8.14. The van der Waals surface area contributed by atoms with Crippen LogP contribution in [-0.2, 0) is 22.6 Å². The van der Waals surface area contributed by atoms with E-state index in [2.05, 4.69) is 5.32 Å². The Labute approximate surface area is 183 Å². The van der Waals surface area contributed by atoms with Crippen molar-refractivity contribution in [1.29, 1.82) is 0 Å². The van der Waals surface area contributed by atoms with Crippen molar-refractivity contribution in [2.24, 2.45) is 0 Å². The second-order valence-electron chi connectivity index (χ2n) is 7.74. The van der Waals surface area contributed by atoms with E-state index in [0.717, 1.165) is 35.6 Å². The predicted octanol–water partition coefficient (Wildman–Crippen LogP) is 4.37. The van der Waals surface area contributed by atoms with Crippen LogP contribution in [0.5, 0.6) is 5.75 Å². The number of rotatable bonds is 8. The lowest BCUT2D eigenvalue weighted by molar-refractivity contribution is -0.131. The lowest BCUT2D eigenvalue weighted by atomic mass is 10.1. The van der Waals surface area contributed by atoms with Gasteiger partial charge in [-0.3, -0.25) is 9.59 Å². The number of aryl methyl sites for hydroxylation is 1. The molecule has 0 spiro atoms. The van der Waals surface area contributed by atoms with Crippen molar-refractivity contribution in [1.82, 2.24) is 10.2 Å². The van der Waals surface area contributed by atoms with Gasteiger partial charge in [-0.05, 0) is 61.1 Å². The fourth-order valence-electron chi connectivity index (χ4n) is 3.74. The smallest absolute Gasteiger partial charge is 0.222 e. The quantitative estimate of drug-likeness (QED) is 0.679. The van der Waals surface area contributed by atoms with Crippen LogP contribution in [0.1, 0.15) is 43.2 Å². The molecule has 1 unspecified atom stereocenters. The second-order valence-corrected chi connectivity index (χ2v) is 8.18. The van der Waals surface area contributed by atoms with Crippen LogP contribution in [0, 0.1) is 0 Å². The number of hydrogen-bond acceptors (Lipinski definition) is 3. The van der Waals surface area contributed by atoms with Gasteiger partial charge in [-0.15, -0.1) is 0 Å². The maximum atomic E-state index is 12.5. The summed E-state index contributed by atoms with van der Waals surface area (Å²) < 4.78 is 5.27. The summed E-state index contributed by atoms with van der Waals surface area (Å²) in [5.41, 5.74) is 2.23. The fraction of sp³-hybridized carbons (Fsp3) is 0.417. The third-order valence-electron chi connectivity index (χ3n) is 5.46. The van der Waals surface area contributed by atoms with E-state index in [9.17, 15) is 9.59 Å². The Morgan fingerprint density at radius 2 is 1.97 bits per heavy atom. The van der Waals surface area contributed by atoms with E-state index in [4.69, 9.17) is 16.3 Å². The van der Waals surface area contributed by atoms with E-state index in [1.54, 1.807) is 7.11 Å². The maximum absolute atomic E-state index is 12.5. The standard InChI is InChI=1S/C24H29ClN2O3/c1-30-22-6-2-5-19(16-22)17-27-15-14-21(12-13-24(27)29)26-23(28)7-3-4-18-8-10-20(25)11-9-18/h2,5-6,8-11,16,21H,3-4,7,12-15,17H2,1H3,(H,26,28). The molecule has 0 aromatic heterocycles. The number of ether oxygens (including phenoxy) is 1. The van der Waals surface area contributed by atoms with E-state index >= 15 is 0 Å². The maximum Gasteiger partial charge on any atom is 0.222 e. The summed E-state index contributed by atoms with van der Waals surface area (Å²) in [5.74, 6) is 0.985. The molecule has 0 aliphatic carbocycles. The monoisotopic (exact) mass is 428 g/mol. The number of nitrogens with zero attached hydrogens (tertiary/aromatic N) is 1. The topological polar surface area (TPSA) is 58.6 Å². The van der Waals surface area contributed by atoms with Crippen LogP contribution in [0.25, 0.3) is 0 Å². The number of benzene rings is 2. The number of hydrogen-bond donors (Lipinski definition) is 1. The molecular weight excluding hydrogens is 400 g/mol. The van der Waals surface area contributed by atoms with Crippen LogP contribution in [0.4, 0.5) is 0 Å². The van der Waals surface area contributed by atoms with Crippen molar-refractivity contribution in [2.75, 3.05) is 13.7 Å². The number of likely N-dealkylation sites (tertiary alicyclic amines) is 1. The highest BCUT2D eigenvalue weighted by Gasteiger charge is 2.23. The number of carbonyl (C=O) groups excluding carboxylic acids is 2. The van der Waals surface area contributed by atoms with E-state index in [1.807, 2.05) is 53.4 Å². The largest absolute Gasteiger partial charge is 0.497 e. The molecule has 160 valence electrons. The van der Waals surface area contributed by atoms with Crippen molar-refractivity contribution in [3.05, 3.63) is 64.7 Å². The lowest BCUT2D eigenvalue weighted by Crippen LogP contribution is -2.35. The van der Waals surface area contributed by atoms with Gasteiger partial charge in [0.1, 0.15) is 5.75 Å². The van der Waals surface area contributed by atoms with Gasteiger partial charge in [0.05, 0.1) is 7.11 Å². The summed E-state index contributed by atoms with van der Waals surface area (Å²) in [6.07, 6.45) is 4.05. The molecule has 5 nitrogen and oxygen atoms in total. The summed E-state index contributed by atoms with van der Waals surface area (Å²) in [5, 5.41) is 3.84. The molecule has 1 saturated heterocycles. The molecule has 0 saturated carbocycles. The van der Waals surface area contributed by atoms with Gasteiger partial charge in [-0.25, -0.2) is 0 Å². The number of methoxy groups -OCH3 is 1. The van der Waals surface area contributed by atoms with Crippen LogP contribution in [0.2, 0.25) is 5.02 Å². The molecule has 2 amide bonds. The molecule has 3 rings (SSSR count). The fourth-order valence-corrected chi connectivity index (χ4v) is 3.87. The average Bonchev–Trinajstić information content (AvgIpc) is 2.91. The van der Waals surface area contributed by atoms with Crippen LogP contribution < -0.4 is 10.1 Å². The molecule has 30 heavy (non-hydrogen) atoms. The van der Waals surface area contributed by atoms with E-state index < -0.39 is 0 Å². The highest BCUT2D eigenvalue weighted by Crippen LogP contribution is 2.19. The highest BCUT2D eigenvalue weighted by molar-refractivity contribution is 6.30. The zero-order chi connectivity index (χ0) is 21.3. The Morgan fingerprint density at radius 1 is 1.17 bits per heavy atom. The van der Waals surface area contributed by atoms with Crippen molar-refractivity contribution in [3.63, 3.8) is 0 Å². The molecule has 0 radical (unpaired) electrons. The summed E-state index contributed by atoms with van der Waals surface area (Å²) in [7, 11) is 1.64. The van der Waals surface area contributed by atoms with Crippen LogP contribution in [0.15, 0.2) is 48.5 Å². The van der Waals surface area contributed by atoms with Gasteiger partial charge >= 0.3 is 0 Å². The minimum absolute atomic E-state index is 0.0484. The number of nitrogens with one attached hydrogen (secondary N) is 1. The molecule has 2 aromatic rings. The molecule has 1 N–H and O–H groups in total. The zero-order valence-corrected chi connectivity index (χ0v) is 18.2. The molecule has 1 heterocycles. The minimum Gasteiger partial charge on any atom is -0.497 e. The van der Waals surface area contributed by atoms with Gasteiger partial charge in [0.2, 0.25) is 11.8 Å². The number of amides is 2. The van der Waals surface area contributed by atoms with Gasteiger partial charge < -0.3 is 15.0 Å². The van der Waals surface area contributed by atoms with Gasteiger partial charge in [-0.2, -0.15) is 0 Å². The number of carbonyl (C=O) groups is 2. The zero-order valence-electron chi connectivity index (χ0n) is 17.4. The van der Waals surface area contributed by atoms with Gasteiger partial charge in [-0.1, -0.05) is 35.9 Å². The predicted molar refractivity (Wildman–Crippen MR) is 119 cm³/mol. The SMILES string of the molecule is COc1cccc(CN2CCC(NC(=O)CCCc3ccc(Cl)cc3)CCC2=O)c1. The lowest BCUT2D eigenvalue weighted by Gasteiger charge is -2.21. The molecule has 1 aliphatic heterocycles. The first kappa shape index (κ1) is 22.2. The summed E-state index contributed by atoms with van der Waals surface area (Å²) >= 11 is 5.90. The van der Waals surface area contributed by atoms with Crippen molar-refractivity contribution in [3.8, 4) is 5.75 Å². The second kappa shape index (κ2) is 11.0. The van der Waals surface area contributed by atoms with E-state index in [1.165, 1.54) is 5.56 Å². The summed E-state index contributed by atoms with van der Waals surface area (Å²) in [6, 6.07) is 15.6. The van der Waals surface area contributed by atoms with Crippen LogP contribution >= 0.6 is 11.6 Å². The summed E-state index contributed by atoms with van der Waals surface area (Å²) in [6.45, 7) is 1.21. The Balaban J connectivity index is 1.43. The van der Waals surface area contributed by atoms with Gasteiger partial charge in [0.15, 0.2) is 0 Å². The number of halogens is 1. The van der Waals surface area contributed by atoms with Crippen LogP contribution in [-0.4, -0.2) is 36.4 Å². The first-order valence-electron chi connectivity index (χ1n) is 10.5. The molecule has 1 fully saturated rings. The first-order valence-corrected chi connectivity index (χ1v) is 10.9. The summed E-state index contributed by atoms with van der Waals surface area (Å²) in [4.78, 5) is 26.8.